The molecule has 0 N–H and O–H groups in total. The summed E-state index contributed by atoms with van der Waals surface area (Å²) in [6.07, 6.45) is 2.17. The zero-order chi connectivity index (χ0) is 20.0. The lowest BCUT2D eigenvalue weighted by Gasteiger charge is -2.18. The highest BCUT2D eigenvalue weighted by Gasteiger charge is 2.26. The van der Waals surface area contributed by atoms with Crippen molar-refractivity contribution in [2.75, 3.05) is 19.6 Å². The van der Waals surface area contributed by atoms with E-state index in [2.05, 4.69) is 39.3 Å². The third-order valence-electron chi connectivity index (χ3n) is 3.15. The first-order valence-electron chi connectivity index (χ1n) is 8.62. The maximum Gasteiger partial charge on any atom is 0.345 e. The highest BCUT2D eigenvalue weighted by molar-refractivity contribution is 6.76. The Bertz CT molecular complexity index is 637. The molecule has 0 heterocycles. The summed E-state index contributed by atoms with van der Waals surface area (Å²) >= 11 is 0. The van der Waals surface area contributed by atoms with Crippen molar-refractivity contribution in [1.82, 2.24) is 0 Å². The fourth-order valence-electron chi connectivity index (χ4n) is 1.86. The fraction of sp³-hybridized carbons (Fsp3) is 0.474. The highest BCUT2D eigenvalue weighted by atomic mass is 28.3. The van der Waals surface area contributed by atoms with Crippen LogP contribution in [0.15, 0.2) is 29.8 Å². The fourth-order valence-corrected chi connectivity index (χ4v) is 2.99. The van der Waals surface area contributed by atoms with Crippen LogP contribution in [-0.2, 0) is 19.1 Å². The standard InChI is InChI=1S/C19H30O5Si2/c1-22-17-11-9-8-10-15(17)12-16(18(20)23-13-25(2,3)4)19(21)24-14-26(5,6)7/h8-12H,13-14H2,1-7H3. The summed E-state index contributed by atoms with van der Waals surface area (Å²) in [7, 11) is -1.66. The van der Waals surface area contributed by atoms with Crippen LogP contribution in [0.5, 0.6) is 5.75 Å². The van der Waals surface area contributed by atoms with E-state index in [0.29, 0.717) is 23.8 Å². The van der Waals surface area contributed by atoms with Gasteiger partial charge in [0.1, 0.15) is 11.3 Å². The van der Waals surface area contributed by atoms with Crippen LogP contribution in [0.1, 0.15) is 5.56 Å². The van der Waals surface area contributed by atoms with E-state index in [1.165, 1.54) is 6.08 Å². The van der Waals surface area contributed by atoms with Gasteiger partial charge in [-0.25, -0.2) is 9.59 Å². The van der Waals surface area contributed by atoms with E-state index >= 15 is 0 Å². The van der Waals surface area contributed by atoms with Gasteiger partial charge in [-0.2, -0.15) is 0 Å². The SMILES string of the molecule is COc1ccccc1C=C(C(=O)OC[Si](C)(C)C)C(=O)OC[Si](C)(C)C. The largest absolute Gasteiger partial charge is 0.496 e. The molecule has 0 saturated carbocycles. The molecule has 0 bridgehead atoms. The molecule has 1 aromatic carbocycles. The number of ether oxygens (including phenoxy) is 3. The van der Waals surface area contributed by atoms with E-state index in [-0.39, 0.29) is 5.57 Å². The Morgan fingerprint density at radius 3 is 1.77 bits per heavy atom. The second-order valence-corrected chi connectivity index (χ2v) is 19.4. The minimum Gasteiger partial charge on any atom is -0.496 e. The van der Waals surface area contributed by atoms with Gasteiger partial charge >= 0.3 is 11.9 Å². The number of carbonyl (C=O) groups excluding carboxylic acids is 2. The number of para-hydroxylation sites is 1. The van der Waals surface area contributed by atoms with Crippen LogP contribution >= 0.6 is 0 Å². The molecule has 0 atom stereocenters. The molecule has 144 valence electrons. The maximum atomic E-state index is 12.6. The van der Waals surface area contributed by atoms with Gasteiger partial charge in [0.15, 0.2) is 0 Å². The van der Waals surface area contributed by atoms with E-state index in [1.54, 1.807) is 19.2 Å². The Morgan fingerprint density at radius 2 is 1.35 bits per heavy atom. The molecule has 0 spiro atoms. The van der Waals surface area contributed by atoms with Gasteiger partial charge in [-0.3, -0.25) is 0 Å². The average molecular weight is 395 g/mol. The number of methoxy groups -OCH3 is 1. The van der Waals surface area contributed by atoms with Crippen LogP contribution in [0, 0.1) is 0 Å². The van der Waals surface area contributed by atoms with Crippen molar-refractivity contribution in [2.45, 2.75) is 39.3 Å². The third kappa shape index (κ3) is 8.01. The molecule has 7 heteroatoms. The van der Waals surface area contributed by atoms with Gasteiger partial charge in [0.25, 0.3) is 0 Å². The first-order chi connectivity index (χ1) is 11.9. The van der Waals surface area contributed by atoms with Gasteiger partial charge in [0, 0.05) is 5.56 Å². The first-order valence-corrected chi connectivity index (χ1v) is 16.0. The van der Waals surface area contributed by atoms with Crippen LogP contribution in [0.25, 0.3) is 6.08 Å². The molecule has 1 rings (SSSR count). The molecule has 5 nitrogen and oxygen atoms in total. The second kappa shape index (κ2) is 9.18. The average Bonchev–Trinajstić information content (AvgIpc) is 2.54. The smallest absolute Gasteiger partial charge is 0.345 e. The predicted octanol–water partition coefficient (Wildman–Crippen LogP) is 3.92. The summed E-state index contributed by atoms with van der Waals surface area (Å²) in [4.78, 5) is 25.1. The molecular weight excluding hydrogens is 364 g/mol. The number of rotatable bonds is 8. The topological polar surface area (TPSA) is 61.8 Å². The van der Waals surface area contributed by atoms with Crippen molar-refractivity contribution < 1.29 is 23.8 Å². The predicted molar refractivity (Wildman–Crippen MR) is 110 cm³/mol. The first kappa shape index (κ1) is 22.2. The third-order valence-corrected chi connectivity index (χ3v) is 5.17. The molecule has 0 aliphatic rings. The van der Waals surface area contributed by atoms with Gasteiger partial charge in [0.05, 0.1) is 35.7 Å². The zero-order valence-corrected chi connectivity index (χ0v) is 18.8. The Kier molecular flexibility index (Phi) is 7.83. The van der Waals surface area contributed by atoms with Crippen molar-refractivity contribution in [3.63, 3.8) is 0 Å². The van der Waals surface area contributed by atoms with Crippen molar-refractivity contribution in [1.29, 1.82) is 0 Å². The lowest BCUT2D eigenvalue weighted by atomic mass is 10.1. The van der Waals surface area contributed by atoms with Crippen LogP contribution in [-0.4, -0.2) is 47.7 Å². The van der Waals surface area contributed by atoms with Crippen molar-refractivity contribution in [3.05, 3.63) is 35.4 Å². The zero-order valence-electron chi connectivity index (χ0n) is 16.8. The summed E-state index contributed by atoms with van der Waals surface area (Å²) in [5, 5.41) is 0. The van der Waals surface area contributed by atoms with Crippen molar-refractivity contribution >= 4 is 34.2 Å². The Balaban J connectivity index is 3.14. The van der Waals surface area contributed by atoms with E-state index in [0.717, 1.165) is 0 Å². The summed E-state index contributed by atoms with van der Waals surface area (Å²) in [6, 6.07) is 7.18. The Morgan fingerprint density at radius 1 is 0.885 bits per heavy atom. The molecule has 0 amide bonds. The molecule has 0 fully saturated rings. The lowest BCUT2D eigenvalue weighted by molar-refractivity contribution is -0.145. The number of hydrogen-bond acceptors (Lipinski definition) is 5. The summed E-state index contributed by atoms with van der Waals surface area (Å²) in [5.41, 5.74) is 0.519. The van der Waals surface area contributed by atoms with Crippen LogP contribution in [0.2, 0.25) is 39.3 Å². The molecule has 0 radical (unpaired) electrons. The Hall–Kier alpha value is -1.87. The van der Waals surface area contributed by atoms with Gasteiger partial charge in [-0.15, -0.1) is 0 Å². The Labute approximate surface area is 158 Å². The monoisotopic (exact) mass is 394 g/mol. The van der Waals surface area contributed by atoms with Crippen LogP contribution in [0.4, 0.5) is 0 Å². The number of benzene rings is 1. The molecule has 0 aliphatic carbocycles. The normalized spacial score (nSPS) is 11.5. The lowest BCUT2D eigenvalue weighted by Crippen LogP contribution is -2.33. The summed E-state index contributed by atoms with van der Waals surface area (Å²) in [5.74, 6) is -0.737. The minimum atomic E-state index is -1.60. The number of hydrogen-bond donors (Lipinski definition) is 0. The van der Waals surface area contributed by atoms with Gasteiger partial charge in [-0.1, -0.05) is 57.5 Å². The molecular formula is C19H30O5Si2. The van der Waals surface area contributed by atoms with E-state index in [9.17, 15) is 9.59 Å². The number of esters is 2. The van der Waals surface area contributed by atoms with Crippen LogP contribution < -0.4 is 4.74 Å². The van der Waals surface area contributed by atoms with Crippen molar-refractivity contribution in [2.24, 2.45) is 0 Å². The highest BCUT2D eigenvalue weighted by Crippen LogP contribution is 2.22. The second-order valence-electron chi connectivity index (χ2n) is 8.57. The van der Waals surface area contributed by atoms with Gasteiger partial charge in [-0.05, 0) is 12.1 Å². The molecule has 0 unspecified atom stereocenters. The van der Waals surface area contributed by atoms with Gasteiger partial charge in [0.2, 0.25) is 0 Å². The number of carbonyl (C=O) groups is 2. The van der Waals surface area contributed by atoms with E-state index in [1.807, 2.05) is 12.1 Å². The molecule has 1 aromatic rings. The maximum absolute atomic E-state index is 12.6. The van der Waals surface area contributed by atoms with Crippen molar-refractivity contribution in [3.8, 4) is 5.75 Å². The molecule has 0 aliphatic heterocycles. The van der Waals surface area contributed by atoms with E-state index < -0.39 is 28.1 Å². The quantitative estimate of drug-likeness (QED) is 0.220. The molecule has 0 saturated heterocycles. The molecule has 26 heavy (non-hydrogen) atoms. The van der Waals surface area contributed by atoms with Gasteiger partial charge < -0.3 is 14.2 Å². The summed E-state index contributed by atoms with van der Waals surface area (Å²) < 4.78 is 16.1. The minimum absolute atomic E-state index is 0.106. The van der Waals surface area contributed by atoms with E-state index in [4.69, 9.17) is 14.2 Å². The van der Waals surface area contributed by atoms with Crippen LogP contribution in [0.3, 0.4) is 0 Å². The summed E-state index contributed by atoms with van der Waals surface area (Å²) in [6.45, 7) is 12.5. The molecule has 0 aromatic heterocycles.